The Bertz CT molecular complexity index is 722. The van der Waals surface area contributed by atoms with Gasteiger partial charge in [0.1, 0.15) is 11.6 Å². The molecule has 0 aliphatic heterocycles. The third-order valence-electron chi connectivity index (χ3n) is 2.99. The molecule has 0 amide bonds. The van der Waals surface area contributed by atoms with Crippen molar-refractivity contribution in [2.75, 3.05) is 0 Å². The summed E-state index contributed by atoms with van der Waals surface area (Å²) in [6, 6.07) is 4.89. The van der Waals surface area contributed by atoms with Crippen molar-refractivity contribution in [1.82, 2.24) is 0 Å². The third-order valence-corrected chi connectivity index (χ3v) is 2.99. The van der Waals surface area contributed by atoms with Crippen LogP contribution in [0.3, 0.4) is 0 Å². The number of carboxylic acids is 1. The predicted octanol–water partition coefficient (Wildman–Crippen LogP) is 4.28. The van der Waals surface area contributed by atoms with Crippen LogP contribution in [-0.2, 0) is 17.4 Å². The number of hydrogen-bond acceptors (Lipinski definition) is 1. The van der Waals surface area contributed by atoms with Gasteiger partial charge < -0.3 is 5.11 Å². The van der Waals surface area contributed by atoms with E-state index >= 15 is 0 Å². The molecule has 2 aromatic rings. The fourth-order valence-electron chi connectivity index (χ4n) is 1.96. The van der Waals surface area contributed by atoms with Gasteiger partial charge in [0.15, 0.2) is 0 Å². The number of aliphatic carboxylic acids is 1. The first kappa shape index (κ1) is 15.9. The van der Waals surface area contributed by atoms with E-state index in [1.54, 1.807) is 0 Å². The van der Waals surface area contributed by atoms with Gasteiger partial charge in [-0.05, 0) is 41.5 Å². The Kier molecular flexibility index (Phi) is 4.16. The average molecular weight is 316 g/mol. The molecule has 0 radical (unpaired) electrons. The molecule has 0 spiro atoms. The third kappa shape index (κ3) is 3.41. The monoisotopic (exact) mass is 316 g/mol. The maximum atomic E-state index is 13.8. The molecule has 2 aromatic carbocycles. The summed E-state index contributed by atoms with van der Waals surface area (Å²) in [6.45, 7) is 0. The molecule has 0 aliphatic carbocycles. The highest BCUT2D eigenvalue weighted by Crippen LogP contribution is 2.34. The molecule has 1 N–H and O–H groups in total. The summed E-state index contributed by atoms with van der Waals surface area (Å²) in [5, 5.41) is 8.67. The molecule has 0 heterocycles. The maximum Gasteiger partial charge on any atom is 0.416 e. The van der Waals surface area contributed by atoms with Crippen molar-refractivity contribution in [2.45, 2.75) is 12.6 Å². The van der Waals surface area contributed by atoms with Gasteiger partial charge in [-0.1, -0.05) is 6.07 Å². The van der Waals surface area contributed by atoms with Crippen LogP contribution in [0, 0.1) is 11.6 Å². The summed E-state index contributed by atoms with van der Waals surface area (Å²) in [6.07, 6.45) is -5.30. The molecule has 2 nitrogen and oxygen atoms in total. The van der Waals surface area contributed by atoms with Crippen LogP contribution >= 0.6 is 0 Å². The van der Waals surface area contributed by atoms with Crippen LogP contribution in [0.5, 0.6) is 0 Å². The van der Waals surface area contributed by atoms with Gasteiger partial charge in [0.05, 0.1) is 12.0 Å². The normalized spacial score (nSPS) is 11.5. The smallest absolute Gasteiger partial charge is 0.416 e. The largest absolute Gasteiger partial charge is 0.481 e. The van der Waals surface area contributed by atoms with Crippen LogP contribution in [0.25, 0.3) is 11.1 Å². The van der Waals surface area contributed by atoms with E-state index in [0.717, 1.165) is 18.2 Å². The molecule has 0 saturated carbocycles. The van der Waals surface area contributed by atoms with Gasteiger partial charge in [-0.3, -0.25) is 4.79 Å². The number of halogens is 5. The highest BCUT2D eigenvalue weighted by molar-refractivity contribution is 5.72. The van der Waals surface area contributed by atoms with E-state index in [0.29, 0.717) is 18.2 Å². The fourth-order valence-corrected chi connectivity index (χ4v) is 1.96. The molecule has 0 aromatic heterocycles. The Morgan fingerprint density at radius 3 is 2.23 bits per heavy atom. The Hall–Kier alpha value is -2.44. The standard InChI is InChI=1S/C15H9F5O2/c16-12-3-1-8(5-9(12)6-14(21)22)11-7-10(15(18,19)20)2-4-13(11)17/h1-5,7H,6H2,(H,21,22). The van der Waals surface area contributed by atoms with Crippen molar-refractivity contribution in [3.63, 3.8) is 0 Å². The first-order valence-corrected chi connectivity index (χ1v) is 6.06. The molecule has 0 aliphatic rings. The molecule has 0 saturated heterocycles. The lowest BCUT2D eigenvalue weighted by molar-refractivity contribution is -0.138. The molecule has 0 fully saturated rings. The Morgan fingerprint density at radius 2 is 1.64 bits per heavy atom. The summed E-state index contributed by atoms with van der Waals surface area (Å²) in [5.74, 6) is -3.04. The minimum Gasteiger partial charge on any atom is -0.481 e. The van der Waals surface area contributed by atoms with E-state index in [9.17, 15) is 26.7 Å². The minimum atomic E-state index is -4.65. The lowest BCUT2D eigenvalue weighted by Gasteiger charge is -2.11. The second-order valence-electron chi connectivity index (χ2n) is 4.57. The molecule has 0 bridgehead atoms. The molecular formula is C15H9F5O2. The van der Waals surface area contributed by atoms with Gasteiger partial charge in [-0.25, -0.2) is 8.78 Å². The molecular weight excluding hydrogens is 307 g/mol. The quantitative estimate of drug-likeness (QED) is 0.858. The average Bonchev–Trinajstić information content (AvgIpc) is 2.40. The number of rotatable bonds is 3. The predicted molar refractivity (Wildman–Crippen MR) is 68.1 cm³/mol. The van der Waals surface area contributed by atoms with Crippen LogP contribution in [-0.4, -0.2) is 11.1 Å². The molecule has 2 rings (SSSR count). The summed E-state index contributed by atoms with van der Waals surface area (Å²) in [7, 11) is 0. The van der Waals surface area contributed by atoms with Gasteiger partial charge in [-0.15, -0.1) is 0 Å². The molecule has 22 heavy (non-hydrogen) atoms. The van der Waals surface area contributed by atoms with Gasteiger partial charge in [0.2, 0.25) is 0 Å². The van der Waals surface area contributed by atoms with Crippen molar-refractivity contribution in [3.05, 3.63) is 59.2 Å². The van der Waals surface area contributed by atoms with Crippen LogP contribution in [0.2, 0.25) is 0 Å². The zero-order chi connectivity index (χ0) is 16.5. The Morgan fingerprint density at radius 1 is 1.00 bits per heavy atom. The van der Waals surface area contributed by atoms with Crippen molar-refractivity contribution in [3.8, 4) is 11.1 Å². The van der Waals surface area contributed by atoms with Gasteiger partial charge in [0.25, 0.3) is 0 Å². The maximum absolute atomic E-state index is 13.8. The molecule has 116 valence electrons. The lowest BCUT2D eigenvalue weighted by Crippen LogP contribution is -2.06. The van der Waals surface area contributed by atoms with E-state index in [2.05, 4.69) is 0 Å². The van der Waals surface area contributed by atoms with Crippen LogP contribution in [0.1, 0.15) is 11.1 Å². The van der Waals surface area contributed by atoms with Gasteiger partial charge in [0, 0.05) is 5.56 Å². The summed E-state index contributed by atoms with van der Waals surface area (Å²) in [5.41, 5.74) is -1.68. The van der Waals surface area contributed by atoms with E-state index in [-0.39, 0.29) is 16.7 Å². The van der Waals surface area contributed by atoms with E-state index < -0.39 is 35.8 Å². The fraction of sp³-hybridized carbons (Fsp3) is 0.133. The number of benzene rings is 2. The van der Waals surface area contributed by atoms with Crippen LogP contribution in [0.15, 0.2) is 36.4 Å². The number of carboxylic acid groups (broad SMARTS) is 1. The minimum absolute atomic E-state index is 0.0266. The topological polar surface area (TPSA) is 37.3 Å². The Labute approximate surface area is 121 Å². The van der Waals surface area contributed by atoms with E-state index in [1.165, 1.54) is 0 Å². The van der Waals surface area contributed by atoms with Crippen molar-refractivity contribution >= 4 is 5.97 Å². The molecule has 0 unspecified atom stereocenters. The van der Waals surface area contributed by atoms with Crippen LogP contribution in [0.4, 0.5) is 22.0 Å². The highest BCUT2D eigenvalue weighted by atomic mass is 19.4. The zero-order valence-electron chi connectivity index (χ0n) is 10.9. The Balaban J connectivity index is 2.54. The SMILES string of the molecule is O=C(O)Cc1cc(-c2cc(C(F)(F)F)ccc2F)ccc1F. The summed E-state index contributed by atoms with van der Waals surface area (Å²) < 4.78 is 65.3. The number of hydrogen-bond donors (Lipinski definition) is 1. The van der Waals surface area contributed by atoms with Crippen LogP contribution < -0.4 is 0 Å². The second-order valence-corrected chi connectivity index (χ2v) is 4.57. The van der Waals surface area contributed by atoms with E-state index in [4.69, 9.17) is 5.11 Å². The van der Waals surface area contributed by atoms with Crippen molar-refractivity contribution in [1.29, 1.82) is 0 Å². The molecule has 7 heteroatoms. The first-order chi connectivity index (χ1) is 10.2. The lowest BCUT2D eigenvalue weighted by atomic mass is 9.99. The zero-order valence-corrected chi connectivity index (χ0v) is 10.9. The van der Waals surface area contributed by atoms with Gasteiger partial charge >= 0.3 is 12.1 Å². The summed E-state index contributed by atoms with van der Waals surface area (Å²) >= 11 is 0. The van der Waals surface area contributed by atoms with Crippen molar-refractivity contribution in [2.24, 2.45) is 0 Å². The number of carbonyl (C=O) groups is 1. The van der Waals surface area contributed by atoms with Gasteiger partial charge in [-0.2, -0.15) is 13.2 Å². The number of alkyl halides is 3. The van der Waals surface area contributed by atoms with Crippen molar-refractivity contribution < 1.29 is 31.9 Å². The first-order valence-electron chi connectivity index (χ1n) is 6.06. The molecule has 0 atom stereocenters. The highest BCUT2D eigenvalue weighted by Gasteiger charge is 2.31. The second kappa shape index (κ2) is 5.75. The van der Waals surface area contributed by atoms with E-state index in [1.807, 2.05) is 0 Å². The summed E-state index contributed by atoms with van der Waals surface area (Å²) in [4.78, 5) is 10.6.